The Morgan fingerprint density at radius 2 is 2.00 bits per heavy atom. The standard InChI is InChI=1S/C13H12BrN3O3/c1-7(8-2-4-9(14)5-3-8)17-12(18)10-11(13(19)20)16-6-15-10/h2-7H,1H3,(H,15,16)(H,17,18)(H,19,20)/t7-/m1/s1. The number of nitrogens with one attached hydrogen (secondary N) is 2. The van der Waals surface area contributed by atoms with E-state index in [1.807, 2.05) is 31.2 Å². The fourth-order valence-electron chi connectivity index (χ4n) is 1.73. The summed E-state index contributed by atoms with van der Waals surface area (Å²) in [5.74, 6) is -1.75. The van der Waals surface area contributed by atoms with Gasteiger partial charge in [0.1, 0.15) is 0 Å². The molecule has 0 aliphatic carbocycles. The Bertz CT molecular complexity index is 637. The first kappa shape index (κ1) is 14.3. The number of halogens is 1. The summed E-state index contributed by atoms with van der Waals surface area (Å²) in [7, 11) is 0. The number of amides is 1. The third kappa shape index (κ3) is 3.05. The van der Waals surface area contributed by atoms with Crippen molar-refractivity contribution in [1.82, 2.24) is 15.3 Å². The quantitative estimate of drug-likeness (QED) is 0.798. The SMILES string of the molecule is C[C@@H](NC(=O)c1nc[nH]c1C(=O)O)c1ccc(Br)cc1. The van der Waals surface area contributed by atoms with E-state index in [1.165, 1.54) is 6.33 Å². The molecule has 0 spiro atoms. The molecule has 0 aliphatic rings. The average molecular weight is 338 g/mol. The number of hydrogen-bond donors (Lipinski definition) is 3. The van der Waals surface area contributed by atoms with E-state index in [9.17, 15) is 9.59 Å². The van der Waals surface area contributed by atoms with Crippen molar-refractivity contribution in [1.29, 1.82) is 0 Å². The number of carboxylic acids is 1. The molecule has 0 fully saturated rings. The largest absolute Gasteiger partial charge is 0.477 e. The normalized spacial score (nSPS) is 11.9. The van der Waals surface area contributed by atoms with Gasteiger partial charge in [0.2, 0.25) is 0 Å². The number of aromatic amines is 1. The van der Waals surface area contributed by atoms with Crippen LogP contribution >= 0.6 is 15.9 Å². The van der Waals surface area contributed by atoms with E-state index >= 15 is 0 Å². The maximum Gasteiger partial charge on any atom is 0.354 e. The summed E-state index contributed by atoms with van der Waals surface area (Å²) < 4.78 is 0.945. The van der Waals surface area contributed by atoms with Crippen LogP contribution in [-0.4, -0.2) is 27.0 Å². The van der Waals surface area contributed by atoms with E-state index in [-0.39, 0.29) is 17.4 Å². The van der Waals surface area contributed by atoms with Crippen LogP contribution in [0.15, 0.2) is 35.1 Å². The van der Waals surface area contributed by atoms with Crippen LogP contribution in [0.1, 0.15) is 39.5 Å². The molecule has 1 amide bonds. The first-order valence-corrected chi connectivity index (χ1v) is 6.61. The number of nitrogens with zero attached hydrogens (tertiary/aromatic N) is 1. The summed E-state index contributed by atoms with van der Waals surface area (Å²) >= 11 is 3.34. The van der Waals surface area contributed by atoms with Crippen LogP contribution in [0.2, 0.25) is 0 Å². The summed E-state index contributed by atoms with van der Waals surface area (Å²) in [5, 5.41) is 11.6. The fraction of sp³-hybridized carbons (Fsp3) is 0.154. The Labute approximate surface area is 123 Å². The molecule has 104 valence electrons. The van der Waals surface area contributed by atoms with Crippen molar-refractivity contribution in [2.75, 3.05) is 0 Å². The van der Waals surface area contributed by atoms with E-state index < -0.39 is 11.9 Å². The molecule has 1 atom stereocenters. The maximum absolute atomic E-state index is 12.0. The van der Waals surface area contributed by atoms with Gasteiger partial charge in [-0.25, -0.2) is 9.78 Å². The number of benzene rings is 1. The highest BCUT2D eigenvalue weighted by molar-refractivity contribution is 9.10. The van der Waals surface area contributed by atoms with Crippen LogP contribution in [0.25, 0.3) is 0 Å². The summed E-state index contributed by atoms with van der Waals surface area (Å²) in [6.45, 7) is 1.81. The van der Waals surface area contributed by atoms with Crippen LogP contribution in [0.3, 0.4) is 0 Å². The topological polar surface area (TPSA) is 95.1 Å². The number of carboxylic acid groups (broad SMARTS) is 1. The minimum absolute atomic E-state index is 0.124. The second kappa shape index (κ2) is 5.87. The minimum atomic E-state index is -1.22. The molecule has 1 aromatic heterocycles. The summed E-state index contributed by atoms with van der Waals surface area (Å²) in [5.41, 5.74) is 0.570. The Morgan fingerprint density at radius 1 is 1.35 bits per heavy atom. The van der Waals surface area contributed by atoms with Gasteiger partial charge in [0.15, 0.2) is 11.4 Å². The molecule has 0 bridgehead atoms. The highest BCUT2D eigenvalue weighted by Gasteiger charge is 2.21. The first-order valence-electron chi connectivity index (χ1n) is 5.82. The van der Waals surface area contributed by atoms with Gasteiger partial charge < -0.3 is 15.4 Å². The molecule has 1 aromatic carbocycles. The lowest BCUT2D eigenvalue weighted by Crippen LogP contribution is -2.28. The van der Waals surface area contributed by atoms with Crippen LogP contribution in [0.5, 0.6) is 0 Å². The number of hydrogen-bond acceptors (Lipinski definition) is 3. The van der Waals surface area contributed by atoms with Crippen molar-refractivity contribution < 1.29 is 14.7 Å². The Balaban J connectivity index is 2.13. The number of carbonyl (C=O) groups excluding carboxylic acids is 1. The van der Waals surface area contributed by atoms with Gasteiger partial charge in [-0.1, -0.05) is 28.1 Å². The summed E-state index contributed by atoms with van der Waals surface area (Å²) in [6, 6.07) is 7.23. The second-order valence-electron chi connectivity index (χ2n) is 4.18. The number of carbonyl (C=O) groups is 2. The number of H-pyrrole nitrogens is 1. The lowest BCUT2D eigenvalue weighted by atomic mass is 10.1. The fourth-order valence-corrected chi connectivity index (χ4v) is 1.99. The van der Waals surface area contributed by atoms with Gasteiger partial charge in [-0.2, -0.15) is 0 Å². The van der Waals surface area contributed by atoms with Crippen molar-refractivity contribution >= 4 is 27.8 Å². The zero-order chi connectivity index (χ0) is 14.7. The molecule has 3 N–H and O–H groups in total. The van der Waals surface area contributed by atoms with Crippen molar-refractivity contribution in [3.8, 4) is 0 Å². The van der Waals surface area contributed by atoms with Crippen molar-refractivity contribution in [3.05, 3.63) is 52.0 Å². The lowest BCUT2D eigenvalue weighted by Gasteiger charge is -2.13. The molecule has 0 unspecified atom stereocenters. The predicted molar refractivity (Wildman–Crippen MR) is 75.6 cm³/mol. The molecular weight excluding hydrogens is 326 g/mol. The summed E-state index contributed by atoms with van der Waals surface area (Å²) in [6.07, 6.45) is 1.18. The Morgan fingerprint density at radius 3 is 2.60 bits per heavy atom. The predicted octanol–water partition coefficient (Wildman–Crippen LogP) is 2.36. The van der Waals surface area contributed by atoms with Crippen LogP contribution in [-0.2, 0) is 0 Å². The number of imidazole rings is 1. The van der Waals surface area contributed by atoms with Crippen LogP contribution in [0.4, 0.5) is 0 Å². The molecular formula is C13H12BrN3O3. The van der Waals surface area contributed by atoms with Crippen molar-refractivity contribution in [2.24, 2.45) is 0 Å². The van der Waals surface area contributed by atoms with Gasteiger partial charge in [-0.15, -0.1) is 0 Å². The zero-order valence-electron chi connectivity index (χ0n) is 10.6. The third-order valence-electron chi connectivity index (χ3n) is 2.79. The van der Waals surface area contributed by atoms with Gasteiger partial charge in [-0.3, -0.25) is 4.79 Å². The molecule has 0 saturated heterocycles. The number of aromatic nitrogens is 2. The molecule has 0 saturated carbocycles. The third-order valence-corrected chi connectivity index (χ3v) is 3.31. The maximum atomic E-state index is 12.0. The van der Waals surface area contributed by atoms with Gasteiger partial charge in [-0.05, 0) is 24.6 Å². The van der Waals surface area contributed by atoms with Crippen LogP contribution in [0, 0.1) is 0 Å². The van der Waals surface area contributed by atoms with Gasteiger partial charge >= 0.3 is 5.97 Å². The highest BCUT2D eigenvalue weighted by Crippen LogP contribution is 2.17. The average Bonchev–Trinajstić information content (AvgIpc) is 2.88. The van der Waals surface area contributed by atoms with E-state index in [0.717, 1.165) is 10.0 Å². The van der Waals surface area contributed by atoms with E-state index in [4.69, 9.17) is 5.11 Å². The summed E-state index contributed by atoms with van der Waals surface area (Å²) in [4.78, 5) is 29.1. The molecule has 20 heavy (non-hydrogen) atoms. The van der Waals surface area contributed by atoms with Crippen molar-refractivity contribution in [2.45, 2.75) is 13.0 Å². The lowest BCUT2D eigenvalue weighted by molar-refractivity contribution is 0.0684. The van der Waals surface area contributed by atoms with Gasteiger partial charge in [0, 0.05) is 4.47 Å². The number of rotatable bonds is 4. The van der Waals surface area contributed by atoms with Crippen LogP contribution < -0.4 is 5.32 Å². The molecule has 0 aliphatic heterocycles. The monoisotopic (exact) mass is 337 g/mol. The Hall–Kier alpha value is -2.15. The zero-order valence-corrected chi connectivity index (χ0v) is 12.1. The Kier molecular flexibility index (Phi) is 4.19. The molecule has 7 heteroatoms. The van der Waals surface area contributed by atoms with Crippen molar-refractivity contribution in [3.63, 3.8) is 0 Å². The first-order chi connectivity index (χ1) is 9.49. The molecule has 2 rings (SSSR count). The molecule has 1 heterocycles. The minimum Gasteiger partial charge on any atom is -0.477 e. The second-order valence-corrected chi connectivity index (χ2v) is 5.09. The molecule has 6 nitrogen and oxygen atoms in total. The van der Waals surface area contributed by atoms with Gasteiger partial charge in [0.25, 0.3) is 5.91 Å². The van der Waals surface area contributed by atoms with E-state index in [0.29, 0.717) is 0 Å². The smallest absolute Gasteiger partial charge is 0.354 e. The number of aromatic carboxylic acids is 1. The van der Waals surface area contributed by atoms with E-state index in [2.05, 4.69) is 31.2 Å². The molecule has 2 aromatic rings. The van der Waals surface area contributed by atoms with Gasteiger partial charge in [0.05, 0.1) is 12.4 Å². The van der Waals surface area contributed by atoms with E-state index in [1.54, 1.807) is 0 Å². The molecule has 0 radical (unpaired) electrons. The highest BCUT2D eigenvalue weighted by atomic mass is 79.9.